The summed E-state index contributed by atoms with van der Waals surface area (Å²) in [6.07, 6.45) is 5.61. The van der Waals surface area contributed by atoms with E-state index in [1.165, 1.54) is 44.8 Å². The van der Waals surface area contributed by atoms with Crippen molar-refractivity contribution < 1.29 is 0 Å². The van der Waals surface area contributed by atoms with Crippen LogP contribution in [0.3, 0.4) is 0 Å². The predicted octanol–water partition coefficient (Wildman–Crippen LogP) is 10.4. The maximum atomic E-state index is 4.90. The van der Waals surface area contributed by atoms with Gasteiger partial charge in [-0.15, -0.1) is 0 Å². The summed E-state index contributed by atoms with van der Waals surface area (Å²) in [5.74, 6) is 0. The molecular formula is C43H32N4. The largest absolute Gasteiger partial charge is 0.310 e. The average molecular weight is 605 g/mol. The zero-order chi connectivity index (χ0) is 31.5. The van der Waals surface area contributed by atoms with Gasteiger partial charge in [0.2, 0.25) is 0 Å². The highest BCUT2D eigenvalue weighted by Crippen LogP contribution is 2.58. The van der Waals surface area contributed by atoms with Gasteiger partial charge in [0.25, 0.3) is 0 Å². The Kier molecular flexibility index (Phi) is 6.12. The SMILES string of the molecule is Cc1ccc2c(c1)C(c1ccccc1)(c1ccccc1)c1cc(C)ccc1N2c1ccc2c(c1)c1ncccc1n2-c1cccnc1. The lowest BCUT2D eigenvalue weighted by molar-refractivity contribution is 0.729. The number of rotatable bonds is 4. The third-order valence-corrected chi connectivity index (χ3v) is 9.67. The van der Waals surface area contributed by atoms with E-state index in [1.807, 2.05) is 30.7 Å². The van der Waals surface area contributed by atoms with Crippen LogP contribution < -0.4 is 4.90 Å². The van der Waals surface area contributed by atoms with Gasteiger partial charge in [-0.1, -0.05) is 96.1 Å². The van der Waals surface area contributed by atoms with E-state index in [2.05, 4.69) is 156 Å². The average Bonchev–Trinajstić information content (AvgIpc) is 3.45. The number of pyridine rings is 2. The van der Waals surface area contributed by atoms with Crippen molar-refractivity contribution in [1.82, 2.24) is 14.5 Å². The first kappa shape index (κ1) is 27.3. The summed E-state index contributed by atoms with van der Waals surface area (Å²) in [4.78, 5) is 11.8. The van der Waals surface area contributed by atoms with E-state index in [9.17, 15) is 0 Å². The van der Waals surface area contributed by atoms with E-state index in [-0.39, 0.29) is 0 Å². The molecule has 5 aromatic carbocycles. The molecule has 4 nitrogen and oxygen atoms in total. The van der Waals surface area contributed by atoms with Crippen molar-refractivity contribution in [2.75, 3.05) is 4.90 Å². The summed E-state index contributed by atoms with van der Waals surface area (Å²) in [7, 11) is 0. The van der Waals surface area contributed by atoms with Crippen LogP contribution in [0.15, 0.2) is 158 Å². The topological polar surface area (TPSA) is 34.0 Å². The molecule has 47 heavy (non-hydrogen) atoms. The molecule has 1 aliphatic rings. The number of benzene rings is 5. The van der Waals surface area contributed by atoms with Gasteiger partial charge in [-0.3, -0.25) is 9.97 Å². The van der Waals surface area contributed by atoms with Crippen LogP contribution in [-0.2, 0) is 5.41 Å². The number of nitrogens with zero attached hydrogens (tertiary/aromatic N) is 4. The van der Waals surface area contributed by atoms with Crippen molar-refractivity contribution in [2.45, 2.75) is 19.3 Å². The maximum Gasteiger partial charge on any atom is 0.0964 e. The second-order valence-electron chi connectivity index (χ2n) is 12.5. The minimum atomic E-state index is -0.510. The molecule has 0 saturated heterocycles. The smallest absolute Gasteiger partial charge is 0.0964 e. The van der Waals surface area contributed by atoms with Crippen molar-refractivity contribution in [3.63, 3.8) is 0 Å². The van der Waals surface area contributed by atoms with Gasteiger partial charge in [0.15, 0.2) is 0 Å². The predicted molar refractivity (Wildman–Crippen MR) is 192 cm³/mol. The molecular weight excluding hydrogens is 573 g/mol. The molecule has 0 N–H and O–H groups in total. The molecule has 0 atom stereocenters. The van der Waals surface area contributed by atoms with Crippen molar-refractivity contribution in [3.8, 4) is 5.69 Å². The quantitative estimate of drug-likeness (QED) is 0.200. The molecule has 0 unspecified atom stereocenters. The monoisotopic (exact) mass is 604 g/mol. The third kappa shape index (κ3) is 4.01. The van der Waals surface area contributed by atoms with Crippen LogP contribution in [0.2, 0.25) is 0 Å². The lowest BCUT2D eigenvalue weighted by Gasteiger charge is -2.47. The first-order chi connectivity index (χ1) is 23.1. The summed E-state index contributed by atoms with van der Waals surface area (Å²) >= 11 is 0. The Balaban J connectivity index is 1.37. The second kappa shape index (κ2) is 10.5. The molecule has 0 saturated carbocycles. The van der Waals surface area contributed by atoms with Gasteiger partial charge in [0, 0.05) is 23.5 Å². The first-order valence-corrected chi connectivity index (χ1v) is 16.1. The summed E-state index contributed by atoms with van der Waals surface area (Å²) in [6.45, 7) is 4.39. The molecule has 224 valence electrons. The van der Waals surface area contributed by atoms with E-state index in [0.29, 0.717) is 0 Å². The van der Waals surface area contributed by atoms with Crippen LogP contribution in [0.25, 0.3) is 27.6 Å². The van der Waals surface area contributed by atoms with Crippen LogP contribution >= 0.6 is 0 Å². The fraction of sp³-hybridized carbons (Fsp3) is 0.0698. The van der Waals surface area contributed by atoms with Crippen molar-refractivity contribution in [1.29, 1.82) is 0 Å². The normalized spacial score (nSPS) is 13.4. The number of hydrogen-bond acceptors (Lipinski definition) is 3. The molecule has 0 aliphatic carbocycles. The van der Waals surface area contributed by atoms with Gasteiger partial charge in [0.05, 0.1) is 45.2 Å². The number of fused-ring (bicyclic) bond motifs is 5. The standard InChI is InChI=1S/C43H32N4/c1-29-17-20-39-36(25-29)43(31-11-5-3-6-12-31,32-13-7-4-8-14-32)37-26-30(2)18-21-40(37)46(39)33-19-22-38-35(27-33)42-41(16-10-24-45-42)47(38)34-15-9-23-44-28-34/h3-28H,1-2H3. The second-order valence-corrected chi connectivity index (χ2v) is 12.5. The van der Waals surface area contributed by atoms with E-state index < -0.39 is 5.41 Å². The molecule has 0 radical (unpaired) electrons. The molecule has 0 bridgehead atoms. The fourth-order valence-corrected chi connectivity index (χ4v) is 7.73. The molecule has 4 heterocycles. The van der Waals surface area contributed by atoms with E-state index >= 15 is 0 Å². The van der Waals surface area contributed by atoms with Crippen molar-refractivity contribution >= 4 is 39.0 Å². The van der Waals surface area contributed by atoms with Gasteiger partial charge in [-0.25, -0.2) is 0 Å². The Morgan fingerprint density at radius 1 is 0.532 bits per heavy atom. The summed E-state index contributed by atoms with van der Waals surface area (Å²) in [6, 6.07) is 50.9. The lowest BCUT2D eigenvalue weighted by atomic mass is 9.62. The summed E-state index contributed by atoms with van der Waals surface area (Å²) in [5, 5.41) is 1.10. The Morgan fingerprint density at radius 2 is 1.17 bits per heavy atom. The molecule has 0 fully saturated rings. The number of aryl methyl sites for hydroxylation is 2. The zero-order valence-electron chi connectivity index (χ0n) is 26.3. The lowest BCUT2D eigenvalue weighted by Crippen LogP contribution is -2.38. The van der Waals surface area contributed by atoms with Crippen LogP contribution in [-0.4, -0.2) is 14.5 Å². The Labute approximate surface area is 274 Å². The Morgan fingerprint density at radius 3 is 1.79 bits per heavy atom. The summed E-state index contributed by atoms with van der Waals surface area (Å²) < 4.78 is 2.26. The molecule has 4 heteroatoms. The van der Waals surface area contributed by atoms with E-state index in [4.69, 9.17) is 4.98 Å². The Bertz CT molecular complexity index is 2330. The van der Waals surface area contributed by atoms with Crippen LogP contribution in [0.4, 0.5) is 17.1 Å². The third-order valence-electron chi connectivity index (χ3n) is 9.67. The van der Waals surface area contributed by atoms with Crippen molar-refractivity contribution in [2.24, 2.45) is 0 Å². The first-order valence-electron chi connectivity index (χ1n) is 16.1. The molecule has 3 aromatic heterocycles. The number of aromatic nitrogens is 3. The maximum absolute atomic E-state index is 4.90. The number of hydrogen-bond donors (Lipinski definition) is 0. The highest BCUT2D eigenvalue weighted by molar-refractivity contribution is 6.09. The Hall–Kier alpha value is -6.00. The zero-order valence-corrected chi connectivity index (χ0v) is 26.3. The van der Waals surface area contributed by atoms with Crippen molar-refractivity contribution in [3.05, 3.63) is 191 Å². The van der Waals surface area contributed by atoms with Crippen LogP contribution in [0.1, 0.15) is 33.4 Å². The van der Waals surface area contributed by atoms with Gasteiger partial charge in [0.1, 0.15) is 0 Å². The molecule has 1 aliphatic heterocycles. The van der Waals surface area contributed by atoms with Gasteiger partial charge in [-0.2, -0.15) is 0 Å². The van der Waals surface area contributed by atoms with E-state index in [1.54, 1.807) is 0 Å². The van der Waals surface area contributed by atoms with Gasteiger partial charge < -0.3 is 9.47 Å². The minimum Gasteiger partial charge on any atom is -0.310 e. The highest BCUT2D eigenvalue weighted by Gasteiger charge is 2.46. The molecule has 9 rings (SSSR count). The molecule has 0 spiro atoms. The van der Waals surface area contributed by atoms with E-state index in [0.717, 1.165) is 33.3 Å². The molecule has 8 aromatic rings. The summed E-state index contributed by atoms with van der Waals surface area (Å²) in [5.41, 5.74) is 14.6. The van der Waals surface area contributed by atoms with Crippen LogP contribution in [0, 0.1) is 13.8 Å². The number of anilines is 3. The molecule has 0 amide bonds. The van der Waals surface area contributed by atoms with Crippen LogP contribution in [0.5, 0.6) is 0 Å². The minimum absolute atomic E-state index is 0.510. The highest BCUT2D eigenvalue weighted by atomic mass is 15.2. The van der Waals surface area contributed by atoms with Gasteiger partial charge >= 0.3 is 0 Å². The van der Waals surface area contributed by atoms with Gasteiger partial charge in [-0.05, 0) is 90.7 Å². The fourth-order valence-electron chi connectivity index (χ4n) is 7.73.